The Kier molecular flexibility index (Phi) is 3.64. The van der Waals surface area contributed by atoms with Crippen LogP contribution in [0.4, 0.5) is 0 Å². The first kappa shape index (κ1) is 12.7. The molecule has 1 fully saturated rings. The Morgan fingerprint density at radius 1 is 1.47 bits per heavy atom. The first-order chi connectivity index (χ1) is 7.99. The van der Waals surface area contributed by atoms with E-state index < -0.39 is 0 Å². The molecule has 1 N–H and O–H groups in total. The van der Waals surface area contributed by atoms with Crippen molar-refractivity contribution in [1.82, 2.24) is 5.32 Å². The van der Waals surface area contributed by atoms with Crippen molar-refractivity contribution in [3.8, 4) is 0 Å². The highest BCUT2D eigenvalue weighted by molar-refractivity contribution is 6.35. The van der Waals surface area contributed by atoms with E-state index in [2.05, 4.69) is 12.2 Å². The predicted molar refractivity (Wildman–Crippen MR) is 70.3 cm³/mol. The number of rotatable bonds is 3. The van der Waals surface area contributed by atoms with Crippen molar-refractivity contribution in [3.63, 3.8) is 0 Å². The number of halogens is 2. The SMILES string of the molecule is C[C@H](NC(=O)[C@H]1C[C@@H]1C)c1ccc(Cl)cc1Cl. The smallest absolute Gasteiger partial charge is 0.223 e. The van der Waals surface area contributed by atoms with Crippen LogP contribution in [0.3, 0.4) is 0 Å². The molecule has 0 saturated heterocycles. The van der Waals surface area contributed by atoms with E-state index in [1.807, 2.05) is 13.0 Å². The minimum atomic E-state index is -0.0833. The molecule has 1 aliphatic rings. The number of hydrogen-bond acceptors (Lipinski definition) is 1. The minimum Gasteiger partial charge on any atom is -0.349 e. The second kappa shape index (κ2) is 4.87. The van der Waals surface area contributed by atoms with Crippen LogP contribution in [0.1, 0.15) is 31.9 Å². The monoisotopic (exact) mass is 271 g/mol. The molecule has 2 nitrogen and oxygen atoms in total. The number of benzene rings is 1. The molecular weight excluding hydrogens is 257 g/mol. The topological polar surface area (TPSA) is 29.1 Å². The van der Waals surface area contributed by atoms with Gasteiger partial charge in [-0.15, -0.1) is 0 Å². The molecular formula is C13H15Cl2NO. The number of carbonyl (C=O) groups excluding carboxylic acids is 1. The maximum atomic E-state index is 11.8. The molecule has 1 aromatic carbocycles. The summed E-state index contributed by atoms with van der Waals surface area (Å²) < 4.78 is 0. The fourth-order valence-electron chi connectivity index (χ4n) is 1.94. The average molecular weight is 272 g/mol. The lowest BCUT2D eigenvalue weighted by atomic mass is 10.1. The highest BCUT2D eigenvalue weighted by Crippen LogP contribution is 2.38. The molecule has 1 amide bonds. The van der Waals surface area contributed by atoms with Gasteiger partial charge in [0, 0.05) is 16.0 Å². The van der Waals surface area contributed by atoms with Crippen LogP contribution in [0.5, 0.6) is 0 Å². The maximum Gasteiger partial charge on any atom is 0.223 e. The summed E-state index contributed by atoms with van der Waals surface area (Å²) in [5.74, 6) is 0.822. The summed E-state index contributed by atoms with van der Waals surface area (Å²) in [6.45, 7) is 4.02. The Balaban J connectivity index is 2.04. The Morgan fingerprint density at radius 2 is 2.12 bits per heavy atom. The zero-order chi connectivity index (χ0) is 12.6. The Morgan fingerprint density at radius 3 is 2.65 bits per heavy atom. The standard InChI is InChI=1S/C13H15Cl2NO/c1-7-5-11(7)13(17)16-8(2)10-4-3-9(14)6-12(10)15/h3-4,6-8,11H,5H2,1-2H3,(H,16,17)/t7-,8-,11-/m0/s1. The molecule has 4 heteroatoms. The van der Waals surface area contributed by atoms with Crippen LogP contribution in [-0.4, -0.2) is 5.91 Å². The zero-order valence-electron chi connectivity index (χ0n) is 9.84. The molecule has 1 saturated carbocycles. The van der Waals surface area contributed by atoms with Crippen LogP contribution in [0.15, 0.2) is 18.2 Å². The second-order valence-electron chi connectivity index (χ2n) is 4.72. The van der Waals surface area contributed by atoms with E-state index in [4.69, 9.17) is 23.2 Å². The Hall–Kier alpha value is -0.730. The van der Waals surface area contributed by atoms with Crippen molar-refractivity contribution in [2.24, 2.45) is 11.8 Å². The van der Waals surface area contributed by atoms with Crippen molar-refractivity contribution in [2.45, 2.75) is 26.3 Å². The van der Waals surface area contributed by atoms with Crippen molar-refractivity contribution in [1.29, 1.82) is 0 Å². The zero-order valence-corrected chi connectivity index (χ0v) is 11.3. The van der Waals surface area contributed by atoms with E-state index in [-0.39, 0.29) is 17.9 Å². The maximum absolute atomic E-state index is 11.8. The van der Waals surface area contributed by atoms with Crippen LogP contribution < -0.4 is 5.32 Å². The van der Waals surface area contributed by atoms with Crippen molar-refractivity contribution < 1.29 is 4.79 Å². The minimum absolute atomic E-state index is 0.0833. The average Bonchev–Trinajstić information content (AvgIpc) is 2.95. The second-order valence-corrected chi connectivity index (χ2v) is 5.56. The van der Waals surface area contributed by atoms with Gasteiger partial charge in [0.1, 0.15) is 0 Å². The van der Waals surface area contributed by atoms with Gasteiger partial charge in [0.05, 0.1) is 6.04 Å². The van der Waals surface area contributed by atoms with Gasteiger partial charge in [0.2, 0.25) is 5.91 Å². The van der Waals surface area contributed by atoms with Crippen LogP contribution in [-0.2, 0) is 4.79 Å². The van der Waals surface area contributed by atoms with Gasteiger partial charge in [-0.3, -0.25) is 4.79 Å². The van der Waals surface area contributed by atoms with Crippen LogP contribution in [0.25, 0.3) is 0 Å². The summed E-state index contributed by atoms with van der Waals surface area (Å²) in [4.78, 5) is 11.8. The summed E-state index contributed by atoms with van der Waals surface area (Å²) >= 11 is 11.9. The molecule has 0 bridgehead atoms. The third kappa shape index (κ3) is 2.93. The molecule has 1 aliphatic carbocycles. The van der Waals surface area contributed by atoms with Crippen LogP contribution in [0, 0.1) is 11.8 Å². The van der Waals surface area contributed by atoms with Crippen LogP contribution >= 0.6 is 23.2 Å². The summed E-state index contributed by atoms with van der Waals surface area (Å²) in [6, 6.07) is 5.25. The number of nitrogens with one attached hydrogen (secondary N) is 1. The fraction of sp³-hybridized carbons (Fsp3) is 0.462. The van der Waals surface area contributed by atoms with Gasteiger partial charge >= 0.3 is 0 Å². The quantitative estimate of drug-likeness (QED) is 0.890. The summed E-state index contributed by atoms with van der Waals surface area (Å²) in [6.07, 6.45) is 0.993. The molecule has 0 aromatic heterocycles. The molecule has 3 atom stereocenters. The molecule has 92 valence electrons. The molecule has 17 heavy (non-hydrogen) atoms. The third-order valence-corrected chi connectivity index (χ3v) is 3.80. The Bertz CT molecular complexity index is 447. The lowest BCUT2D eigenvalue weighted by molar-refractivity contribution is -0.123. The molecule has 0 spiro atoms. The highest BCUT2D eigenvalue weighted by atomic mass is 35.5. The van der Waals surface area contributed by atoms with Gasteiger partial charge in [-0.25, -0.2) is 0 Å². The van der Waals surface area contributed by atoms with Gasteiger partial charge in [-0.2, -0.15) is 0 Å². The van der Waals surface area contributed by atoms with Gasteiger partial charge in [-0.1, -0.05) is 36.2 Å². The fourth-order valence-corrected chi connectivity index (χ4v) is 2.51. The van der Waals surface area contributed by atoms with Gasteiger partial charge in [0.15, 0.2) is 0 Å². The number of amides is 1. The molecule has 2 rings (SSSR count). The van der Waals surface area contributed by atoms with Crippen molar-refractivity contribution in [2.75, 3.05) is 0 Å². The van der Waals surface area contributed by atoms with E-state index in [1.54, 1.807) is 12.1 Å². The van der Waals surface area contributed by atoms with Crippen LogP contribution in [0.2, 0.25) is 10.0 Å². The Labute approximate surface area is 111 Å². The summed E-state index contributed by atoms with van der Waals surface area (Å²) in [5, 5.41) is 4.18. The van der Waals surface area contributed by atoms with E-state index in [9.17, 15) is 4.79 Å². The number of hydrogen-bond donors (Lipinski definition) is 1. The number of carbonyl (C=O) groups is 1. The molecule has 0 radical (unpaired) electrons. The largest absolute Gasteiger partial charge is 0.349 e. The normalized spacial score (nSPS) is 24.2. The van der Waals surface area contributed by atoms with Crippen molar-refractivity contribution in [3.05, 3.63) is 33.8 Å². The van der Waals surface area contributed by atoms with E-state index in [1.165, 1.54) is 0 Å². The third-order valence-electron chi connectivity index (χ3n) is 3.23. The summed E-state index contributed by atoms with van der Waals surface area (Å²) in [5.41, 5.74) is 0.901. The van der Waals surface area contributed by atoms with Gasteiger partial charge < -0.3 is 5.32 Å². The first-order valence-corrected chi connectivity index (χ1v) is 6.50. The van der Waals surface area contributed by atoms with E-state index in [0.717, 1.165) is 12.0 Å². The molecule has 1 aromatic rings. The molecule has 0 aliphatic heterocycles. The predicted octanol–water partition coefficient (Wildman–Crippen LogP) is 3.83. The van der Waals surface area contributed by atoms with E-state index in [0.29, 0.717) is 16.0 Å². The molecule has 0 unspecified atom stereocenters. The summed E-state index contributed by atoms with van der Waals surface area (Å²) in [7, 11) is 0. The molecule has 0 heterocycles. The lowest BCUT2D eigenvalue weighted by Crippen LogP contribution is -2.28. The lowest BCUT2D eigenvalue weighted by Gasteiger charge is -2.15. The van der Waals surface area contributed by atoms with E-state index >= 15 is 0 Å². The van der Waals surface area contributed by atoms with Gasteiger partial charge in [0.25, 0.3) is 0 Å². The first-order valence-electron chi connectivity index (χ1n) is 5.74. The highest BCUT2D eigenvalue weighted by Gasteiger charge is 2.39. The van der Waals surface area contributed by atoms with Crippen molar-refractivity contribution >= 4 is 29.1 Å². The van der Waals surface area contributed by atoms with Gasteiger partial charge in [-0.05, 0) is 37.0 Å².